The minimum Gasteiger partial charge on any atom is -0.482 e. The number of anilines is 1. The molecule has 0 radical (unpaired) electrons. The second kappa shape index (κ2) is 9.30. The fourth-order valence-electron chi connectivity index (χ4n) is 2.06. The molecule has 0 spiro atoms. The van der Waals surface area contributed by atoms with Gasteiger partial charge in [-0.15, -0.1) is 0 Å². The van der Waals surface area contributed by atoms with Gasteiger partial charge in [0.2, 0.25) is 0 Å². The van der Waals surface area contributed by atoms with E-state index in [0.29, 0.717) is 10.7 Å². The Kier molecular flexibility index (Phi) is 7.35. The van der Waals surface area contributed by atoms with Crippen molar-refractivity contribution in [3.63, 3.8) is 0 Å². The number of hydrogen-bond donors (Lipinski definition) is 2. The van der Waals surface area contributed by atoms with Crippen LogP contribution in [0.2, 0.25) is 10.0 Å². The molecule has 0 aliphatic carbocycles. The van der Waals surface area contributed by atoms with Gasteiger partial charge in [-0.05, 0) is 55.8 Å². The zero-order chi connectivity index (χ0) is 20.0. The van der Waals surface area contributed by atoms with E-state index in [1.54, 1.807) is 24.3 Å². The fraction of sp³-hybridized carbons (Fsp3) is 0.278. The monoisotopic (exact) mass is 430 g/mol. The Morgan fingerprint density at radius 2 is 1.81 bits per heavy atom. The van der Waals surface area contributed by atoms with Gasteiger partial charge in [0.15, 0.2) is 6.61 Å². The number of benzene rings is 2. The smallest absolute Gasteiger partial charge is 0.261 e. The molecule has 0 aliphatic rings. The first-order chi connectivity index (χ1) is 12.7. The molecule has 2 aromatic rings. The van der Waals surface area contributed by atoms with Crippen LogP contribution in [0.25, 0.3) is 0 Å². The lowest BCUT2D eigenvalue weighted by Crippen LogP contribution is -2.35. The Labute approximate surface area is 168 Å². The fourth-order valence-corrected chi connectivity index (χ4v) is 3.57. The first-order valence-corrected chi connectivity index (χ1v) is 10.4. The maximum absolute atomic E-state index is 12.5. The number of halogens is 2. The molecule has 0 saturated heterocycles. The average Bonchev–Trinajstić information content (AvgIpc) is 2.62. The van der Waals surface area contributed by atoms with Crippen LogP contribution in [0.15, 0.2) is 47.4 Å². The van der Waals surface area contributed by atoms with Crippen molar-refractivity contribution in [2.24, 2.45) is 0 Å². The van der Waals surface area contributed by atoms with Crippen molar-refractivity contribution < 1.29 is 17.9 Å². The van der Waals surface area contributed by atoms with Gasteiger partial charge >= 0.3 is 0 Å². The third kappa shape index (κ3) is 6.30. The van der Waals surface area contributed by atoms with E-state index in [1.807, 2.05) is 13.8 Å². The summed E-state index contributed by atoms with van der Waals surface area (Å²) in [6.45, 7) is 3.64. The first-order valence-electron chi connectivity index (χ1n) is 8.21. The van der Waals surface area contributed by atoms with Gasteiger partial charge in [0.05, 0.1) is 9.92 Å². The van der Waals surface area contributed by atoms with Crippen molar-refractivity contribution in [3.05, 3.63) is 52.5 Å². The molecule has 2 aromatic carbocycles. The van der Waals surface area contributed by atoms with Crippen molar-refractivity contribution >= 4 is 44.8 Å². The van der Waals surface area contributed by atoms with Gasteiger partial charge in [0, 0.05) is 16.8 Å². The topological polar surface area (TPSA) is 84.5 Å². The summed E-state index contributed by atoms with van der Waals surface area (Å²) in [5.74, 6) is -0.0528. The molecule has 9 heteroatoms. The van der Waals surface area contributed by atoms with Crippen molar-refractivity contribution in [2.75, 3.05) is 11.3 Å². The van der Waals surface area contributed by atoms with E-state index >= 15 is 0 Å². The quantitative estimate of drug-likeness (QED) is 0.660. The molecule has 0 unspecified atom stereocenters. The van der Waals surface area contributed by atoms with E-state index in [4.69, 9.17) is 27.9 Å². The van der Waals surface area contributed by atoms with Crippen molar-refractivity contribution in [1.82, 2.24) is 5.32 Å². The van der Waals surface area contributed by atoms with E-state index < -0.39 is 10.0 Å². The van der Waals surface area contributed by atoms with E-state index in [-0.39, 0.29) is 34.2 Å². The summed E-state index contributed by atoms with van der Waals surface area (Å²) in [6.07, 6.45) is 0.805. The minimum atomic E-state index is -3.83. The number of nitrogens with one attached hydrogen (secondary N) is 2. The normalized spacial score (nSPS) is 12.3. The molecule has 0 heterocycles. The molecule has 1 atom stereocenters. The second-order valence-electron chi connectivity index (χ2n) is 5.87. The molecular formula is C18H20Cl2N2O4S. The Bertz CT molecular complexity index is 902. The maximum atomic E-state index is 12.5. The van der Waals surface area contributed by atoms with Crippen molar-refractivity contribution in [3.8, 4) is 5.75 Å². The Morgan fingerprint density at radius 3 is 2.41 bits per heavy atom. The van der Waals surface area contributed by atoms with Crippen molar-refractivity contribution in [1.29, 1.82) is 0 Å². The van der Waals surface area contributed by atoms with E-state index in [1.165, 1.54) is 18.2 Å². The molecule has 1 amide bonds. The molecule has 0 bridgehead atoms. The number of carbonyl (C=O) groups is 1. The SMILES string of the molecule is CC[C@H](C)NC(=O)COc1ccc(S(=O)(=O)Nc2ccc(Cl)cc2)cc1Cl. The first kappa shape index (κ1) is 21.3. The van der Waals surface area contributed by atoms with Crippen LogP contribution >= 0.6 is 23.2 Å². The molecule has 0 aliphatic heterocycles. The number of carbonyl (C=O) groups excluding carboxylic acids is 1. The van der Waals surface area contributed by atoms with Crippen LogP contribution in [0.1, 0.15) is 20.3 Å². The van der Waals surface area contributed by atoms with Crippen molar-refractivity contribution in [2.45, 2.75) is 31.2 Å². The summed E-state index contributed by atoms with van der Waals surface area (Å²) in [7, 11) is -3.83. The van der Waals surface area contributed by atoms with Gasteiger partial charge < -0.3 is 10.1 Å². The minimum absolute atomic E-state index is 0.0288. The van der Waals surface area contributed by atoms with Crippen LogP contribution < -0.4 is 14.8 Å². The van der Waals surface area contributed by atoms with Gasteiger partial charge in [-0.25, -0.2) is 8.42 Å². The number of rotatable bonds is 8. The van der Waals surface area contributed by atoms with E-state index in [2.05, 4.69) is 10.0 Å². The molecule has 146 valence electrons. The Balaban J connectivity index is 2.06. The largest absolute Gasteiger partial charge is 0.482 e. The van der Waals surface area contributed by atoms with Gasteiger partial charge in [0.25, 0.3) is 15.9 Å². The van der Waals surface area contributed by atoms with Crippen LogP contribution in [0, 0.1) is 0 Å². The van der Waals surface area contributed by atoms with Gasteiger partial charge in [-0.2, -0.15) is 0 Å². The molecule has 0 fully saturated rings. The lowest BCUT2D eigenvalue weighted by Gasteiger charge is -2.13. The summed E-state index contributed by atoms with van der Waals surface area (Å²) in [4.78, 5) is 11.7. The predicted molar refractivity (Wildman–Crippen MR) is 107 cm³/mol. The second-order valence-corrected chi connectivity index (χ2v) is 8.40. The predicted octanol–water partition coefficient (Wildman–Crippen LogP) is 4.09. The van der Waals surface area contributed by atoms with Gasteiger partial charge in [-0.1, -0.05) is 30.1 Å². The molecule has 2 rings (SSSR count). The summed E-state index contributed by atoms with van der Waals surface area (Å²) >= 11 is 11.9. The van der Waals surface area contributed by atoms with E-state index in [9.17, 15) is 13.2 Å². The van der Waals surface area contributed by atoms with Gasteiger partial charge in [0.1, 0.15) is 5.75 Å². The highest BCUT2D eigenvalue weighted by Crippen LogP contribution is 2.28. The highest BCUT2D eigenvalue weighted by molar-refractivity contribution is 7.92. The summed E-state index contributed by atoms with van der Waals surface area (Å²) in [6, 6.07) is 10.3. The molecule has 6 nitrogen and oxygen atoms in total. The maximum Gasteiger partial charge on any atom is 0.261 e. The average molecular weight is 431 g/mol. The highest BCUT2D eigenvalue weighted by atomic mass is 35.5. The highest BCUT2D eigenvalue weighted by Gasteiger charge is 2.17. The van der Waals surface area contributed by atoms with Crippen LogP contribution in [0.5, 0.6) is 5.75 Å². The van der Waals surface area contributed by atoms with Crippen LogP contribution in [0.3, 0.4) is 0 Å². The number of amides is 1. The number of sulfonamides is 1. The summed E-state index contributed by atoms with van der Waals surface area (Å²) in [5, 5.41) is 3.35. The third-order valence-corrected chi connectivity index (χ3v) is 5.61. The van der Waals surface area contributed by atoms with Crippen LogP contribution in [-0.2, 0) is 14.8 Å². The molecule has 2 N–H and O–H groups in total. The van der Waals surface area contributed by atoms with Crippen LogP contribution in [0.4, 0.5) is 5.69 Å². The molecule has 0 aromatic heterocycles. The zero-order valence-electron chi connectivity index (χ0n) is 14.8. The third-order valence-electron chi connectivity index (χ3n) is 3.69. The standard InChI is InChI=1S/C18H20Cl2N2O4S/c1-3-12(2)21-18(23)11-26-17-9-8-15(10-16(17)20)27(24,25)22-14-6-4-13(19)5-7-14/h4-10,12,22H,3,11H2,1-2H3,(H,21,23)/t12-/m0/s1. The summed E-state index contributed by atoms with van der Waals surface area (Å²) < 4.78 is 32.7. The van der Waals surface area contributed by atoms with Crippen LogP contribution in [-0.4, -0.2) is 27.0 Å². The Hall–Kier alpha value is -1.96. The molecular weight excluding hydrogens is 411 g/mol. The lowest BCUT2D eigenvalue weighted by molar-refractivity contribution is -0.123. The molecule has 27 heavy (non-hydrogen) atoms. The van der Waals surface area contributed by atoms with E-state index in [0.717, 1.165) is 6.42 Å². The Morgan fingerprint density at radius 1 is 1.15 bits per heavy atom. The zero-order valence-corrected chi connectivity index (χ0v) is 17.2. The number of ether oxygens (including phenoxy) is 1. The van der Waals surface area contributed by atoms with Gasteiger partial charge in [-0.3, -0.25) is 9.52 Å². The number of hydrogen-bond acceptors (Lipinski definition) is 4. The summed E-state index contributed by atoms with van der Waals surface area (Å²) in [5.41, 5.74) is 0.373. The molecule has 0 saturated carbocycles. The lowest BCUT2D eigenvalue weighted by atomic mass is 10.2.